The fraction of sp³-hybridized carbons (Fsp3) is 0.308. The molecular formula is C13H15NO2. The molecule has 0 amide bonds. The van der Waals surface area contributed by atoms with E-state index in [1.165, 1.54) is 10.9 Å². The van der Waals surface area contributed by atoms with Gasteiger partial charge in [-0.05, 0) is 31.4 Å². The van der Waals surface area contributed by atoms with Crippen molar-refractivity contribution in [3.63, 3.8) is 0 Å². The summed E-state index contributed by atoms with van der Waals surface area (Å²) in [4.78, 5) is 13.8. The molecule has 3 heteroatoms. The molecule has 3 nitrogen and oxygen atoms in total. The first-order chi connectivity index (χ1) is 7.68. The number of para-hydroxylation sites is 1. The third-order valence-electron chi connectivity index (χ3n) is 2.84. The van der Waals surface area contributed by atoms with E-state index in [1.807, 2.05) is 25.1 Å². The number of rotatable bonds is 4. The maximum atomic E-state index is 10.5. The first kappa shape index (κ1) is 10.7. The average molecular weight is 217 g/mol. The Hall–Kier alpha value is -1.77. The van der Waals surface area contributed by atoms with Gasteiger partial charge >= 0.3 is 5.97 Å². The van der Waals surface area contributed by atoms with Crippen LogP contribution in [0.3, 0.4) is 0 Å². The van der Waals surface area contributed by atoms with E-state index in [9.17, 15) is 4.79 Å². The van der Waals surface area contributed by atoms with Gasteiger partial charge in [-0.15, -0.1) is 0 Å². The van der Waals surface area contributed by atoms with Gasteiger partial charge < -0.3 is 10.1 Å². The monoisotopic (exact) mass is 217 g/mol. The average Bonchev–Trinajstić information content (AvgIpc) is 2.55. The third-order valence-corrected chi connectivity index (χ3v) is 2.84. The fourth-order valence-electron chi connectivity index (χ4n) is 2.07. The van der Waals surface area contributed by atoms with Crippen LogP contribution < -0.4 is 0 Å². The second kappa shape index (κ2) is 4.39. The van der Waals surface area contributed by atoms with Gasteiger partial charge in [0.05, 0.1) is 0 Å². The Morgan fingerprint density at radius 2 is 2.12 bits per heavy atom. The van der Waals surface area contributed by atoms with Gasteiger partial charge in [-0.25, -0.2) is 0 Å². The van der Waals surface area contributed by atoms with Crippen molar-refractivity contribution in [2.45, 2.75) is 26.2 Å². The number of aromatic nitrogens is 1. The van der Waals surface area contributed by atoms with E-state index in [2.05, 4.69) is 11.1 Å². The highest BCUT2D eigenvalue weighted by atomic mass is 16.4. The zero-order valence-corrected chi connectivity index (χ0v) is 9.29. The summed E-state index contributed by atoms with van der Waals surface area (Å²) >= 11 is 0. The highest BCUT2D eigenvalue weighted by Gasteiger charge is 2.08. The lowest BCUT2D eigenvalue weighted by Gasteiger charge is -1.99. The quantitative estimate of drug-likeness (QED) is 0.827. The molecule has 0 aliphatic rings. The SMILES string of the molecule is Cc1[nH]c2ccccc2c1CCCC(=O)O. The minimum atomic E-state index is -0.725. The van der Waals surface area contributed by atoms with E-state index < -0.39 is 5.97 Å². The van der Waals surface area contributed by atoms with E-state index in [0.717, 1.165) is 17.6 Å². The number of H-pyrrole nitrogens is 1. The summed E-state index contributed by atoms with van der Waals surface area (Å²) in [6.45, 7) is 2.04. The molecule has 2 rings (SSSR count). The zero-order valence-electron chi connectivity index (χ0n) is 9.29. The number of aliphatic carboxylic acids is 1. The smallest absolute Gasteiger partial charge is 0.303 e. The molecule has 0 aliphatic heterocycles. The number of carboxylic acids is 1. The summed E-state index contributed by atoms with van der Waals surface area (Å²) in [7, 11) is 0. The molecule has 16 heavy (non-hydrogen) atoms. The van der Waals surface area contributed by atoms with Gasteiger partial charge in [0.2, 0.25) is 0 Å². The van der Waals surface area contributed by atoms with Crippen molar-refractivity contribution in [1.29, 1.82) is 0 Å². The maximum absolute atomic E-state index is 10.5. The second-order valence-corrected chi connectivity index (χ2v) is 4.02. The summed E-state index contributed by atoms with van der Waals surface area (Å²) in [6.07, 6.45) is 1.75. The van der Waals surface area contributed by atoms with E-state index in [0.29, 0.717) is 6.42 Å². The minimum absolute atomic E-state index is 0.235. The van der Waals surface area contributed by atoms with Gasteiger partial charge in [-0.2, -0.15) is 0 Å². The van der Waals surface area contributed by atoms with Crippen molar-refractivity contribution in [3.8, 4) is 0 Å². The zero-order chi connectivity index (χ0) is 11.5. The molecule has 2 aromatic rings. The lowest BCUT2D eigenvalue weighted by atomic mass is 10.0. The predicted molar refractivity (Wildman–Crippen MR) is 63.6 cm³/mol. The van der Waals surface area contributed by atoms with Crippen molar-refractivity contribution in [2.75, 3.05) is 0 Å². The molecule has 0 saturated heterocycles. The Labute approximate surface area is 94.1 Å². The number of nitrogens with one attached hydrogen (secondary N) is 1. The standard InChI is InChI=1S/C13H15NO2/c1-9-10(6-4-8-13(15)16)11-5-2-3-7-12(11)14-9/h2-3,5,7,14H,4,6,8H2,1H3,(H,15,16). The summed E-state index contributed by atoms with van der Waals surface area (Å²) in [5.74, 6) is -0.725. The topological polar surface area (TPSA) is 53.1 Å². The van der Waals surface area contributed by atoms with Crippen LogP contribution in [0.2, 0.25) is 0 Å². The van der Waals surface area contributed by atoms with Crippen molar-refractivity contribution >= 4 is 16.9 Å². The van der Waals surface area contributed by atoms with Gasteiger partial charge in [0.25, 0.3) is 0 Å². The minimum Gasteiger partial charge on any atom is -0.481 e. The van der Waals surface area contributed by atoms with Crippen LogP contribution >= 0.6 is 0 Å². The van der Waals surface area contributed by atoms with Crippen LogP contribution in [0.25, 0.3) is 10.9 Å². The highest BCUT2D eigenvalue weighted by molar-refractivity contribution is 5.84. The molecule has 1 aromatic heterocycles. The van der Waals surface area contributed by atoms with Crippen LogP contribution in [-0.4, -0.2) is 16.1 Å². The van der Waals surface area contributed by atoms with Crippen molar-refractivity contribution in [3.05, 3.63) is 35.5 Å². The van der Waals surface area contributed by atoms with Gasteiger partial charge in [-0.3, -0.25) is 4.79 Å². The number of hydrogen-bond acceptors (Lipinski definition) is 1. The molecule has 0 radical (unpaired) electrons. The summed E-state index contributed by atoms with van der Waals surface area (Å²) in [5.41, 5.74) is 3.52. The normalized spacial score (nSPS) is 10.8. The Kier molecular flexibility index (Phi) is 2.95. The third kappa shape index (κ3) is 2.08. The number of benzene rings is 1. The molecule has 0 saturated carbocycles. The molecule has 0 bridgehead atoms. The van der Waals surface area contributed by atoms with Gasteiger partial charge in [0.15, 0.2) is 0 Å². The Morgan fingerprint density at radius 3 is 2.88 bits per heavy atom. The molecule has 0 aliphatic carbocycles. The van der Waals surface area contributed by atoms with Gasteiger partial charge in [0, 0.05) is 23.0 Å². The Balaban J connectivity index is 2.22. The van der Waals surface area contributed by atoms with Crippen LogP contribution in [-0.2, 0) is 11.2 Å². The molecular weight excluding hydrogens is 202 g/mol. The number of fused-ring (bicyclic) bond motifs is 1. The van der Waals surface area contributed by atoms with Crippen LogP contribution in [0.5, 0.6) is 0 Å². The molecule has 0 atom stereocenters. The first-order valence-corrected chi connectivity index (χ1v) is 5.46. The number of aromatic amines is 1. The lowest BCUT2D eigenvalue weighted by Crippen LogP contribution is -1.96. The lowest BCUT2D eigenvalue weighted by molar-refractivity contribution is -0.137. The van der Waals surface area contributed by atoms with E-state index in [-0.39, 0.29) is 6.42 Å². The number of aryl methyl sites for hydroxylation is 2. The second-order valence-electron chi connectivity index (χ2n) is 4.02. The molecule has 0 spiro atoms. The maximum Gasteiger partial charge on any atom is 0.303 e. The first-order valence-electron chi connectivity index (χ1n) is 5.46. The Morgan fingerprint density at radius 1 is 1.38 bits per heavy atom. The van der Waals surface area contributed by atoms with E-state index in [4.69, 9.17) is 5.11 Å². The van der Waals surface area contributed by atoms with Crippen molar-refractivity contribution in [1.82, 2.24) is 4.98 Å². The molecule has 0 unspecified atom stereocenters. The molecule has 1 heterocycles. The largest absolute Gasteiger partial charge is 0.481 e. The van der Waals surface area contributed by atoms with Crippen LogP contribution in [0, 0.1) is 6.92 Å². The number of carboxylic acid groups (broad SMARTS) is 1. The number of hydrogen-bond donors (Lipinski definition) is 2. The van der Waals surface area contributed by atoms with Crippen LogP contribution in [0.4, 0.5) is 0 Å². The van der Waals surface area contributed by atoms with Crippen molar-refractivity contribution in [2.24, 2.45) is 0 Å². The molecule has 84 valence electrons. The van der Waals surface area contributed by atoms with Gasteiger partial charge in [-0.1, -0.05) is 18.2 Å². The molecule has 0 fully saturated rings. The highest BCUT2D eigenvalue weighted by Crippen LogP contribution is 2.23. The van der Waals surface area contributed by atoms with Crippen molar-refractivity contribution < 1.29 is 9.90 Å². The summed E-state index contributed by atoms with van der Waals surface area (Å²) < 4.78 is 0. The van der Waals surface area contributed by atoms with Gasteiger partial charge in [0.1, 0.15) is 0 Å². The Bertz CT molecular complexity index is 514. The van der Waals surface area contributed by atoms with E-state index in [1.54, 1.807) is 0 Å². The number of carbonyl (C=O) groups is 1. The van der Waals surface area contributed by atoms with E-state index >= 15 is 0 Å². The molecule has 2 N–H and O–H groups in total. The fourth-order valence-corrected chi connectivity index (χ4v) is 2.07. The summed E-state index contributed by atoms with van der Waals surface area (Å²) in [5, 5.41) is 9.83. The molecule has 1 aromatic carbocycles. The van der Waals surface area contributed by atoms with Crippen LogP contribution in [0.1, 0.15) is 24.1 Å². The summed E-state index contributed by atoms with van der Waals surface area (Å²) in [6, 6.07) is 8.13. The van der Waals surface area contributed by atoms with Crippen LogP contribution in [0.15, 0.2) is 24.3 Å². The predicted octanol–water partition coefficient (Wildman–Crippen LogP) is 2.88.